The number of aromatic nitrogens is 1. The first kappa shape index (κ1) is 25.0. The zero-order valence-electron chi connectivity index (χ0n) is 20.7. The van der Waals surface area contributed by atoms with Crippen molar-refractivity contribution >= 4 is 23.4 Å². The van der Waals surface area contributed by atoms with Crippen LogP contribution in [-0.2, 0) is 4.79 Å². The molecule has 4 rings (SSSR count). The predicted octanol–water partition coefficient (Wildman–Crippen LogP) is 7.03. The molecule has 1 N–H and O–H groups in total. The van der Waals surface area contributed by atoms with Crippen LogP contribution in [-0.4, -0.2) is 23.3 Å². The van der Waals surface area contributed by atoms with Crippen LogP contribution in [0.1, 0.15) is 23.6 Å². The largest absolute Gasteiger partial charge is 0.497 e. The van der Waals surface area contributed by atoms with Crippen LogP contribution in [0.15, 0.2) is 83.9 Å². The zero-order chi connectivity index (χ0) is 25.7. The second-order valence-corrected chi connectivity index (χ2v) is 9.82. The van der Waals surface area contributed by atoms with Crippen LogP contribution in [0, 0.1) is 25.2 Å². The van der Waals surface area contributed by atoms with Gasteiger partial charge in [0.15, 0.2) is 0 Å². The van der Waals surface area contributed by atoms with Crippen LogP contribution in [0.4, 0.5) is 5.69 Å². The van der Waals surface area contributed by atoms with Gasteiger partial charge in [-0.3, -0.25) is 4.79 Å². The molecule has 0 radical (unpaired) electrons. The van der Waals surface area contributed by atoms with Crippen molar-refractivity contribution in [3.8, 4) is 34.2 Å². The summed E-state index contributed by atoms with van der Waals surface area (Å²) in [5, 5.41) is 13.2. The molecule has 36 heavy (non-hydrogen) atoms. The summed E-state index contributed by atoms with van der Waals surface area (Å²) in [6.45, 7) is 5.88. The highest BCUT2D eigenvalue weighted by molar-refractivity contribution is 8.00. The van der Waals surface area contributed by atoms with Crippen LogP contribution >= 0.6 is 11.8 Å². The lowest BCUT2D eigenvalue weighted by molar-refractivity contribution is -0.115. The van der Waals surface area contributed by atoms with Gasteiger partial charge >= 0.3 is 0 Å². The van der Waals surface area contributed by atoms with Crippen molar-refractivity contribution in [3.63, 3.8) is 0 Å². The molecular formula is C30H27N3O2S. The van der Waals surface area contributed by atoms with Crippen LogP contribution in [0.5, 0.6) is 5.75 Å². The number of carbonyl (C=O) groups is 1. The molecule has 0 aliphatic carbocycles. The van der Waals surface area contributed by atoms with Crippen molar-refractivity contribution in [3.05, 3.63) is 95.6 Å². The van der Waals surface area contributed by atoms with Crippen molar-refractivity contribution in [2.75, 3.05) is 12.4 Å². The molecule has 0 saturated carbocycles. The number of amides is 1. The Kier molecular flexibility index (Phi) is 7.72. The van der Waals surface area contributed by atoms with E-state index < -0.39 is 5.25 Å². The van der Waals surface area contributed by atoms with Gasteiger partial charge in [-0.05, 0) is 79.9 Å². The van der Waals surface area contributed by atoms with Crippen molar-refractivity contribution in [2.24, 2.45) is 0 Å². The van der Waals surface area contributed by atoms with E-state index in [4.69, 9.17) is 9.72 Å². The highest BCUT2D eigenvalue weighted by atomic mass is 32.2. The molecule has 0 fully saturated rings. The maximum absolute atomic E-state index is 13.0. The van der Waals surface area contributed by atoms with Crippen LogP contribution < -0.4 is 10.1 Å². The summed E-state index contributed by atoms with van der Waals surface area (Å²) in [6.07, 6.45) is 0. The minimum atomic E-state index is -0.471. The SMILES string of the molecule is COc1ccc(-c2cc(-c3ccccc3)c(C#N)c(SC(C)C(=O)Nc3ccc(C)c(C)c3)n2)cc1. The number of thioether (sulfide) groups is 1. The molecule has 0 aliphatic heterocycles. The molecule has 3 aromatic carbocycles. The van der Waals surface area contributed by atoms with Gasteiger partial charge in [-0.2, -0.15) is 5.26 Å². The number of nitrogens with one attached hydrogen (secondary N) is 1. The first-order valence-electron chi connectivity index (χ1n) is 11.6. The maximum atomic E-state index is 13.0. The van der Waals surface area contributed by atoms with Crippen molar-refractivity contribution in [1.29, 1.82) is 5.26 Å². The fraction of sp³-hybridized carbons (Fsp3) is 0.167. The number of aryl methyl sites for hydroxylation is 2. The third-order valence-corrected chi connectivity index (χ3v) is 7.09. The Labute approximate surface area is 216 Å². The molecule has 180 valence electrons. The lowest BCUT2D eigenvalue weighted by atomic mass is 9.99. The Hall–Kier alpha value is -4.08. The summed E-state index contributed by atoms with van der Waals surface area (Å²) in [7, 11) is 1.63. The van der Waals surface area contributed by atoms with Crippen molar-refractivity contribution in [2.45, 2.75) is 31.0 Å². The van der Waals surface area contributed by atoms with Gasteiger partial charge in [-0.25, -0.2) is 4.98 Å². The molecular weight excluding hydrogens is 466 g/mol. The Morgan fingerprint density at radius 3 is 2.33 bits per heavy atom. The molecule has 5 nitrogen and oxygen atoms in total. The highest BCUT2D eigenvalue weighted by Crippen LogP contribution is 2.36. The number of hydrogen-bond acceptors (Lipinski definition) is 5. The van der Waals surface area contributed by atoms with Gasteiger partial charge in [0, 0.05) is 16.8 Å². The van der Waals surface area contributed by atoms with E-state index in [0.29, 0.717) is 10.6 Å². The smallest absolute Gasteiger partial charge is 0.237 e. The number of methoxy groups -OCH3 is 1. The molecule has 0 aliphatic rings. The normalized spacial score (nSPS) is 11.4. The molecule has 1 heterocycles. The third-order valence-electron chi connectivity index (χ3n) is 6.00. The molecule has 6 heteroatoms. The van der Waals surface area contributed by atoms with Gasteiger partial charge < -0.3 is 10.1 Å². The molecule has 1 amide bonds. The summed E-state index contributed by atoms with van der Waals surface area (Å²) in [5.74, 6) is 0.604. The number of hydrogen-bond donors (Lipinski definition) is 1. The van der Waals surface area contributed by atoms with Gasteiger partial charge in [0.25, 0.3) is 0 Å². The fourth-order valence-corrected chi connectivity index (χ4v) is 4.68. The number of carbonyl (C=O) groups excluding carboxylic acids is 1. The Morgan fingerprint density at radius 1 is 0.972 bits per heavy atom. The quantitative estimate of drug-likeness (QED) is 0.280. The minimum Gasteiger partial charge on any atom is -0.497 e. The lowest BCUT2D eigenvalue weighted by Crippen LogP contribution is -2.22. The molecule has 0 bridgehead atoms. The molecule has 0 spiro atoms. The molecule has 4 aromatic rings. The molecule has 1 aromatic heterocycles. The summed E-state index contributed by atoms with van der Waals surface area (Å²) in [4.78, 5) is 17.9. The second-order valence-electron chi connectivity index (χ2n) is 8.49. The minimum absolute atomic E-state index is 0.148. The predicted molar refractivity (Wildman–Crippen MR) is 146 cm³/mol. The number of nitrogens with zero attached hydrogens (tertiary/aromatic N) is 2. The number of benzene rings is 3. The number of pyridine rings is 1. The standard InChI is InChI=1S/C30H27N3O2S/c1-19-10-13-24(16-20(19)2)32-29(34)21(3)36-30-27(18-31)26(22-8-6-5-7-9-22)17-28(33-30)23-11-14-25(35-4)15-12-23/h5-17,21H,1-4H3,(H,32,34). The summed E-state index contributed by atoms with van der Waals surface area (Å²) in [6, 6.07) is 27.5. The monoisotopic (exact) mass is 493 g/mol. The van der Waals surface area contributed by atoms with Gasteiger partial charge in [0.05, 0.1) is 23.6 Å². The molecule has 0 saturated heterocycles. The number of ether oxygens (including phenoxy) is 1. The van der Waals surface area contributed by atoms with Crippen LogP contribution in [0.25, 0.3) is 22.4 Å². The third kappa shape index (κ3) is 5.59. The second kappa shape index (κ2) is 11.1. The van der Waals surface area contributed by atoms with E-state index in [2.05, 4.69) is 11.4 Å². The first-order chi connectivity index (χ1) is 17.4. The lowest BCUT2D eigenvalue weighted by Gasteiger charge is -2.16. The number of rotatable bonds is 7. The molecule has 1 atom stereocenters. The van der Waals surface area contributed by atoms with E-state index in [1.807, 2.05) is 99.6 Å². The van der Waals surface area contributed by atoms with E-state index in [-0.39, 0.29) is 5.91 Å². The van der Waals surface area contributed by atoms with Gasteiger partial charge in [-0.15, -0.1) is 0 Å². The van der Waals surface area contributed by atoms with Gasteiger partial charge in [-0.1, -0.05) is 48.2 Å². The van der Waals surface area contributed by atoms with Gasteiger partial charge in [0.2, 0.25) is 5.91 Å². The van der Waals surface area contributed by atoms with E-state index >= 15 is 0 Å². The van der Waals surface area contributed by atoms with Gasteiger partial charge in [0.1, 0.15) is 16.8 Å². The first-order valence-corrected chi connectivity index (χ1v) is 12.5. The van der Waals surface area contributed by atoms with E-state index in [1.54, 1.807) is 7.11 Å². The van der Waals surface area contributed by atoms with Crippen LogP contribution in [0.2, 0.25) is 0 Å². The van der Waals surface area contributed by atoms with Crippen molar-refractivity contribution in [1.82, 2.24) is 4.98 Å². The Morgan fingerprint density at radius 2 is 1.69 bits per heavy atom. The Bertz CT molecular complexity index is 1430. The summed E-state index contributed by atoms with van der Waals surface area (Å²) in [5.41, 5.74) is 6.80. The summed E-state index contributed by atoms with van der Waals surface area (Å²) < 4.78 is 5.29. The average molecular weight is 494 g/mol. The maximum Gasteiger partial charge on any atom is 0.237 e. The zero-order valence-corrected chi connectivity index (χ0v) is 21.5. The topological polar surface area (TPSA) is 75.0 Å². The molecule has 1 unspecified atom stereocenters. The number of nitriles is 1. The van der Waals surface area contributed by atoms with E-state index in [0.717, 1.165) is 39.4 Å². The summed E-state index contributed by atoms with van der Waals surface area (Å²) >= 11 is 1.28. The Balaban J connectivity index is 1.71. The van der Waals surface area contributed by atoms with E-state index in [1.165, 1.54) is 17.3 Å². The average Bonchev–Trinajstić information content (AvgIpc) is 2.90. The highest BCUT2D eigenvalue weighted by Gasteiger charge is 2.21. The number of anilines is 1. The van der Waals surface area contributed by atoms with Crippen molar-refractivity contribution < 1.29 is 9.53 Å². The fourth-order valence-electron chi connectivity index (χ4n) is 3.75. The van der Waals surface area contributed by atoms with Crippen LogP contribution in [0.3, 0.4) is 0 Å². The van der Waals surface area contributed by atoms with E-state index in [9.17, 15) is 10.1 Å².